The van der Waals surface area contributed by atoms with Crippen molar-refractivity contribution in [1.29, 1.82) is 0 Å². The summed E-state index contributed by atoms with van der Waals surface area (Å²) in [7, 11) is 0. The Labute approximate surface area is 187 Å². The highest BCUT2D eigenvalue weighted by atomic mass is 16.6. The number of amides is 3. The van der Waals surface area contributed by atoms with E-state index in [2.05, 4.69) is 0 Å². The summed E-state index contributed by atoms with van der Waals surface area (Å²) in [6.45, 7) is 0. The molecule has 3 unspecified atom stereocenters. The maximum Gasteiger partial charge on any atom is 0.326 e. The van der Waals surface area contributed by atoms with Crippen molar-refractivity contribution in [1.82, 2.24) is 9.80 Å². The lowest BCUT2D eigenvalue weighted by atomic mass is 9.88. The minimum Gasteiger partial charge on any atom is -0.480 e. The van der Waals surface area contributed by atoms with Gasteiger partial charge in [-0.2, -0.15) is 0 Å². The zero-order chi connectivity index (χ0) is 23.4. The van der Waals surface area contributed by atoms with Crippen LogP contribution in [-0.4, -0.2) is 55.6 Å². The van der Waals surface area contributed by atoms with E-state index in [9.17, 15) is 34.4 Å². The van der Waals surface area contributed by atoms with E-state index in [4.69, 9.17) is 0 Å². The van der Waals surface area contributed by atoms with Gasteiger partial charge in [0, 0.05) is 18.1 Å². The number of carboxylic acids is 1. The molecule has 2 aromatic carbocycles. The van der Waals surface area contributed by atoms with Crippen molar-refractivity contribution in [3.05, 3.63) is 74.8 Å². The fourth-order valence-corrected chi connectivity index (χ4v) is 5.30. The maximum absolute atomic E-state index is 13.8. The quantitative estimate of drug-likeness (QED) is 0.431. The molecule has 3 aliphatic rings. The van der Waals surface area contributed by atoms with Gasteiger partial charge in [-0.25, -0.2) is 4.79 Å². The first kappa shape index (κ1) is 20.8. The van der Waals surface area contributed by atoms with Gasteiger partial charge in [-0.1, -0.05) is 24.3 Å². The highest BCUT2D eigenvalue weighted by Gasteiger charge is 2.51. The number of aliphatic carboxylic acids is 1. The predicted molar refractivity (Wildman–Crippen MR) is 112 cm³/mol. The summed E-state index contributed by atoms with van der Waals surface area (Å²) >= 11 is 0. The van der Waals surface area contributed by atoms with E-state index in [1.807, 2.05) is 0 Å². The number of hydrogen-bond donors (Lipinski definition) is 1. The first-order valence-corrected chi connectivity index (χ1v) is 10.6. The van der Waals surface area contributed by atoms with Gasteiger partial charge < -0.3 is 10.0 Å². The van der Waals surface area contributed by atoms with Gasteiger partial charge in [0.25, 0.3) is 17.5 Å². The van der Waals surface area contributed by atoms with Crippen LogP contribution in [0.1, 0.15) is 57.1 Å². The summed E-state index contributed by atoms with van der Waals surface area (Å²) in [5.74, 6) is -3.22. The number of fused-ring (bicyclic) bond motifs is 4. The Kier molecular flexibility index (Phi) is 4.73. The number of benzene rings is 2. The fraction of sp³-hybridized carbons (Fsp3) is 0.304. The van der Waals surface area contributed by atoms with Crippen molar-refractivity contribution in [3.63, 3.8) is 0 Å². The normalized spacial score (nSPS) is 24.1. The molecule has 10 nitrogen and oxygen atoms in total. The smallest absolute Gasteiger partial charge is 0.326 e. The van der Waals surface area contributed by atoms with Gasteiger partial charge in [0.05, 0.1) is 22.1 Å². The molecular formula is C23H19N3O7. The molecule has 3 amide bonds. The number of imide groups is 1. The molecule has 3 aliphatic heterocycles. The van der Waals surface area contributed by atoms with E-state index in [0.29, 0.717) is 18.4 Å². The number of nitro benzene ring substituents is 1. The third-order valence-corrected chi connectivity index (χ3v) is 6.73. The molecule has 0 radical (unpaired) electrons. The number of hydrogen-bond acceptors (Lipinski definition) is 6. The first-order chi connectivity index (χ1) is 15.8. The van der Waals surface area contributed by atoms with Gasteiger partial charge >= 0.3 is 5.97 Å². The molecule has 0 saturated carbocycles. The largest absolute Gasteiger partial charge is 0.480 e. The van der Waals surface area contributed by atoms with Crippen LogP contribution < -0.4 is 0 Å². The second-order valence-corrected chi connectivity index (χ2v) is 8.39. The average molecular weight is 449 g/mol. The zero-order valence-electron chi connectivity index (χ0n) is 17.3. The van der Waals surface area contributed by atoms with Gasteiger partial charge in [-0.05, 0) is 37.0 Å². The summed E-state index contributed by atoms with van der Waals surface area (Å²) in [5, 5.41) is 21.6. The van der Waals surface area contributed by atoms with Gasteiger partial charge in [0.2, 0.25) is 5.91 Å². The minimum absolute atomic E-state index is 0.146. The first-order valence-electron chi connectivity index (χ1n) is 10.6. The fourth-order valence-electron chi connectivity index (χ4n) is 5.30. The Morgan fingerprint density at radius 1 is 0.970 bits per heavy atom. The van der Waals surface area contributed by atoms with E-state index < -0.39 is 46.7 Å². The number of nitrogens with zero attached hydrogens (tertiary/aromatic N) is 3. The standard InChI is InChI=1S/C23H19N3O7/c27-20-13-5-1-2-6-14(13)21(28)25(20)19-11-15-12(7-3-9-17(15)26(32)33)16-8-4-10-18(23(30)31)24(16)22(19)29/h1-3,5-7,9,16,18-19H,4,8,10-11H2,(H,30,31). The van der Waals surface area contributed by atoms with Gasteiger partial charge in [0.15, 0.2) is 0 Å². The Morgan fingerprint density at radius 2 is 1.64 bits per heavy atom. The van der Waals surface area contributed by atoms with Crippen LogP contribution in [0, 0.1) is 10.1 Å². The van der Waals surface area contributed by atoms with Crippen molar-refractivity contribution < 1.29 is 29.2 Å². The molecule has 0 bridgehead atoms. The number of carboxylic acid groups (broad SMARTS) is 1. The van der Waals surface area contributed by atoms with Crippen molar-refractivity contribution in [2.45, 2.75) is 43.8 Å². The highest BCUT2D eigenvalue weighted by molar-refractivity contribution is 6.23. The van der Waals surface area contributed by atoms with E-state index in [1.165, 1.54) is 29.2 Å². The number of carbonyl (C=O) groups excluding carboxylic acids is 3. The highest BCUT2D eigenvalue weighted by Crippen LogP contribution is 2.43. The molecule has 0 spiro atoms. The molecule has 3 atom stereocenters. The van der Waals surface area contributed by atoms with Crippen LogP contribution in [0.4, 0.5) is 5.69 Å². The lowest BCUT2D eigenvalue weighted by Gasteiger charge is -2.41. The van der Waals surface area contributed by atoms with Crippen LogP contribution in [0.3, 0.4) is 0 Å². The molecule has 1 saturated heterocycles. The van der Waals surface area contributed by atoms with E-state index in [-0.39, 0.29) is 35.2 Å². The Bertz CT molecular complexity index is 1210. The van der Waals surface area contributed by atoms with Crippen LogP contribution in [0.5, 0.6) is 0 Å². The van der Waals surface area contributed by atoms with Gasteiger partial charge in [0.1, 0.15) is 12.1 Å². The van der Waals surface area contributed by atoms with E-state index >= 15 is 0 Å². The molecule has 3 heterocycles. The van der Waals surface area contributed by atoms with Crippen LogP contribution in [0.25, 0.3) is 0 Å². The second-order valence-electron chi connectivity index (χ2n) is 8.39. The molecule has 0 aliphatic carbocycles. The predicted octanol–water partition coefficient (Wildman–Crippen LogP) is 2.32. The molecule has 10 heteroatoms. The molecule has 33 heavy (non-hydrogen) atoms. The number of nitro groups is 1. The van der Waals surface area contributed by atoms with Crippen LogP contribution in [0.2, 0.25) is 0 Å². The monoisotopic (exact) mass is 449 g/mol. The topological polar surface area (TPSA) is 138 Å². The molecule has 5 rings (SSSR count). The van der Waals surface area contributed by atoms with Crippen molar-refractivity contribution >= 4 is 29.4 Å². The number of rotatable bonds is 3. The molecular weight excluding hydrogens is 430 g/mol. The van der Waals surface area contributed by atoms with Gasteiger partial charge in [-0.15, -0.1) is 0 Å². The van der Waals surface area contributed by atoms with E-state index in [1.54, 1.807) is 18.2 Å². The molecule has 0 aromatic heterocycles. The average Bonchev–Trinajstić information content (AvgIpc) is 2.98. The van der Waals surface area contributed by atoms with Gasteiger partial charge in [-0.3, -0.25) is 29.4 Å². The summed E-state index contributed by atoms with van der Waals surface area (Å²) < 4.78 is 0. The molecule has 2 aromatic rings. The Balaban J connectivity index is 1.70. The minimum atomic E-state index is -1.39. The van der Waals surface area contributed by atoms with Crippen LogP contribution >= 0.6 is 0 Å². The number of carbonyl (C=O) groups is 4. The lowest BCUT2D eigenvalue weighted by Crippen LogP contribution is -2.56. The van der Waals surface area contributed by atoms with E-state index in [0.717, 1.165) is 4.90 Å². The van der Waals surface area contributed by atoms with Crippen LogP contribution in [0.15, 0.2) is 42.5 Å². The second kappa shape index (κ2) is 7.51. The third kappa shape index (κ3) is 3.01. The Hall–Kier alpha value is -4.08. The maximum atomic E-state index is 13.8. The lowest BCUT2D eigenvalue weighted by molar-refractivity contribution is -0.385. The van der Waals surface area contributed by atoms with Crippen molar-refractivity contribution in [3.8, 4) is 0 Å². The van der Waals surface area contributed by atoms with Crippen molar-refractivity contribution in [2.24, 2.45) is 0 Å². The third-order valence-electron chi connectivity index (χ3n) is 6.73. The number of piperidine rings is 1. The molecule has 1 fully saturated rings. The molecule has 1 N–H and O–H groups in total. The van der Waals surface area contributed by atoms with Crippen molar-refractivity contribution in [2.75, 3.05) is 0 Å². The SMILES string of the molecule is O=C(O)C1CCCC2c3cccc([N+](=O)[O-])c3CC(N3C(=O)c4ccccc4C3=O)C(=O)N12. The van der Waals surface area contributed by atoms with Crippen LogP contribution in [-0.2, 0) is 16.0 Å². The zero-order valence-corrected chi connectivity index (χ0v) is 17.3. The summed E-state index contributed by atoms with van der Waals surface area (Å²) in [4.78, 5) is 65.5. The molecule has 168 valence electrons. The summed E-state index contributed by atoms with van der Waals surface area (Å²) in [5.41, 5.74) is 0.805. The Morgan fingerprint density at radius 3 is 2.24 bits per heavy atom. The summed E-state index contributed by atoms with van der Waals surface area (Å²) in [6.07, 6.45) is 0.913. The summed E-state index contributed by atoms with van der Waals surface area (Å²) in [6, 6.07) is 7.41.